The zero-order valence-corrected chi connectivity index (χ0v) is 9.93. The Morgan fingerprint density at radius 1 is 1.29 bits per heavy atom. The average molecular weight is 248 g/mol. The highest BCUT2D eigenvalue weighted by atomic mass is 19.4. The number of nitrogens with zero attached hydrogens (tertiary/aromatic N) is 1. The average Bonchev–Trinajstić information content (AvgIpc) is 2.15. The topological polar surface area (TPSA) is 34.1 Å². The van der Waals surface area contributed by atoms with E-state index in [0.29, 0.717) is 6.61 Å². The van der Waals surface area contributed by atoms with E-state index in [4.69, 9.17) is 4.74 Å². The molecule has 6 heteroatoms. The summed E-state index contributed by atoms with van der Waals surface area (Å²) in [5.41, 5.74) is -1.39. The molecule has 0 aliphatic heterocycles. The van der Waals surface area contributed by atoms with E-state index >= 15 is 0 Å². The van der Waals surface area contributed by atoms with Crippen LogP contribution < -0.4 is 5.32 Å². The lowest BCUT2D eigenvalue weighted by Gasteiger charge is -2.26. The van der Waals surface area contributed by atoms with Crippen LogP contribution in [-0.2, 0) is 10.9 Å². The molecule has 0 bridgehead atoms. The largest absolute Gasteiger partial charge is 0.433 e. The predicted octanol–water partition coefficient (Wildman–Crippen LogP) is 2.94. The van der Waals surface area contributed by atoms with Gasteiger partial charge in [-0.25, -0.2) is 4.98 Å². The lowest BCUT2D eigenvalue weighted by molar-refractivity contribution is -0.141. The molecule has 1 aromatic heterocycles. The van der Waals surface area contributed by atoms with Crippen molar-refractivity contribution in [2.24, 2.45) is 0 Å². The molecular weight excluding hydrogens is 233 g/mol. The van der Waals surface area contributed by atoms with Crippen molar-refractivity contribution in [3.8, 4) is 0 Å². The Hall–Kier alpha value is -1.30. The van der Waals surface area contributed by atoms with E-state index in [1.54, 1.807) is 0 Å². The van der Waals surface area contributed by atoms with E-state index in [1.165, 1.54) is 19.2 Å². The predicted molar refractivity (Wildman–Crippen MR) is 58.8 cm³/mol. The summed E-state index contributed by atoms with van der Waals surface area (Å²) in [6, 6.07) is 3.75. The van der Waals surface area contributed by atoms with Crippen molar-refractivity contribution in [2.75, 3.05) is 19.0 Å². The first-order valence-electron chi connectivity index (χ1n) is 5.06. The number of aromatic nitrogens is 1. The minimum Gasteiger partial charge on any atom is -0.382 e. The molecule has 17 heavy (non-hydrogen) atoms. The van der Waals surface area contributed by atoms with E-state index in [0.717, 1.165) is 6.07 Å². The van der Waals surface area contributed by atoms with Crippen molar-refractivity contribution in [1.29, 1.82) is 0 Å². The maximum Gasteiger partial charge on any atom is 0.433 e. The molecule has 1 N–H and O–H groups in total. The van der Waals surface area contributed by atoms with Crippen LogP contribution in [0.25, 0.3) is 0 Å². The number of anilines is 1. The third kappa shape index (κ3) is 4.22. The van der Waals surface area contributed by atoms with Crippen molar-refractivity contribution in [2.45, 2.75) is 25.6 Å². The number of nitrogens with one attached hydrogen (secondary N) is 1. The lowest BCUT2D eigenvalue weighted by Crippen LogP contribution is -2.36. The Morgan fingerprint density at radius 3 is 2.47 bits per heavy atom. The Bertz CT molecular complexity index is 377. The van der Waals surface area contributed by atoms with Gasteiger partial charge in [-0.15, -0.1) is 0 Å². The number of alkyl halides is 3. The van der Waals surface area contributed by atoms with Gasteiger partial charge >= 0.3 is 6.18 Å². The second-order valence-corrected chi connectivity index (χ2v) is 4.35. The Balaban J connectivity index is 2.86. The molecule has 0 unspecified atom stereocenters. The summed E-state index contributed by atoms with van der Waals surface area (Å²) in [4.78, 5) is 3.52. The number of pyridine rings is 1. The van der Waals surface area contributed by atoms with E-state index in [1.807, 2.05) is 13.8 Å². The first-order valence-corrected chi connectivity index (χ1v) is 5.06. The van der Waals surface area contributed by atoms with Crippen molar-refractivity contribution < 1.29 is 17.9 Å². The maximum absolute atomic E-state index is 12.4. The lowest BCUT2D eigenvalue weighted by atomic mass is 10.1. The van der Waals surface area contributed by atoms with Gasteiger partial charge in [-0.05, 0) is 26.0 Å². The molecule has 0 atom stereocenters. The second kappa shape index (κ2) is 4.91. The van der Waals surface area contributed by atoms with Gasteiger partial charge in [0.15, 0.2) is 0 Å². The molecule has 0 aromatic carbocycles. The van der Waals surface area contributed by atoms with Gasteiger partial charge < -0.3 is 10.1 Å². The minimum absolute atomic E-state index is 0.182. The third-order valence-electron chi connectivity index (χ3n) is 2.01. The monoisotopic (exact) mass is 248 g/mol. The molecule has 0 spiro atoms. The summed E-state index contributed by atoms with van der Waals surface area (Å²) in [5.74, 6) is 0.182. The van der Waals surface area contributed by atoms with Crippen LogP contribution in [0.15, 0.2) is 18.2 Å². The van der Waals surface area contributed by atoms with Crippen molar-refractivity contribution >= 4 is 5.82 Å². The van der Waals surface area contributed by atoms with Crippen LogP contribution in [-0.4, -0.2) is 24.2 Å². The number of methoxy groups -OCH3 is 1. The SMILES string of the molecule is COCC(C)(C)Nc1cccc(C(F)(F)F)n1. The minimum atomic E-state index is -4.43. The van der Waals surface area contributed by atoms with Crippen LogP contribution in [0.4, 0.5) is 19.0 Å². The van der Waals surface area contributed by atoms with Crippen LogP contribution in [0.2, 0.25) is 0 Å². The molecule has 1 aromatic rings. The fourth-order valence-corrected chi connectivity index (χ4v) is 1.41. The standard InChI is InChI=1S/C11H15F3N2O/c1-10(2,7-17-3)16-9-6-4-5-8(15-9)11(12,13)14/h4-6H,7H2,1-3H3,(H,15,16). The third-order valence-corrected chi connectivity index (χ3v) is 2.01. The van der Waals surface area contributed by atoms with Crippen molar-refractivity contribution in [3.05, 3.63) is 23.9 Å². The molecule has 0 saturated carbocycles. The number of ether oxygens (including phenoxy) is 1. The van der Waals surface area contributed by atoms with Gasteiger partial charge in [-0.1, -0.05) is 6.07 Å². The quantitative estimate of drug-likeness (QED) is 0.889. The van der Waals surface area contributed by atoms with Gasteiger partial charge in [-0.3, -0.25) is 0 Å². The zero-order valence-electron chi connectivity index (χ0n) is 9.93. The van der Waals surface area contributed by atoms with Crippen molar-refractivity contribution in [3.63, 3.8) is 0 Å². The van der Waals surface area contributed by atoms with E-state index < -0.39 is 17.4 Å². The molecule has 1 heterocycles. The Labute approximate surface area is 98.0 Å². The molecule has 0 aliphatic rings. The summed E-state index contributed by atoms with van der Waals surface area (Å²) in [6.07, 6.45) is -4.43. The van der Waals surface area contributed by atoms with E-state index in [-0.39, 0.29) is 5.82 Å². The van der Waals surface area contributed by atoms with Crippen LogP contribution in [0, 0.1) is 0 Å². The highest BCUT2D eigenvalue weighted by Crippen LogP contribution is 2.28. The molecule has 1 rings (SSSR count). The summed E-state index contributed by atoms with van der Waals surface area (Å²) in [6.45, 7) is 4.00. The van der Waals surface area contributed by atoms with Crippen LogP contribution in [0.5, 0.6) is 0 Å². The summed E-state index contributed by atoms with van der Waals surface area (Å²) in [7, 11) is 1.53. The van der Waals surface area contributed by atoms with Gasteiger partial charge in [-0.2, -0.15) is 13.2 Å². The highest BCUT2D eigenvalue weighted by Gasteiger charge is 2.32. The normalized spacial score (nSPS) is 12.6. The van der Waals surface area contributed by atoms with Gasteiger partial charge in [0.2, 0.25) is 0 Å². The number of rotatable bonds is 4. The van der Waals surface area contributed by atoms with Gasteiger partial charge in [0.05, 0.1) is 12.1 Å². The highest BCUT2D eigenvalue weighted by molar-refractivity contribution is 5.38. The van der Waals surface area contributed by atoms with E-state index in [2.05, 4.69) is 10.3 Å². The molecule has 96 valence electrons. The first-order chi connectivity index (χ1) is 7.74. The van der Waals surface area contributed by atoms with Gasteiger partial charge in [0, 0.05) is 7.11 Å². The molecule has 0 radical (unpaired) electrons. The van der Waals surface area contributed by atoms with Gasteiger partial charge in [0.1, 0.15) is 11.5 Å². The smallest absolute Gasteiger partial charge is 0.382 e. The van der Waals surface area contributed by atoms with E-state index in [9.17, 15) is 13.2 Å². The number of halogens is 3. The molecule has 0 fully saturated rings. The summed E-state index contributed by atoms with van der Waals surface area (Å²) >= 11 is 0. The summed E-state index contributed by atoms with van der Waals surface area (Å²) in [5, 5.41) is 2.90. The maximum atomic E-state index is 12.4. The fourth-order valence-electron chi connectivity index (χ4n) is 1.41. The molecule has 0 amide bonds. The second-order valence-electron chi connectivity index (χ2n) is 4.35. The Morgan fingerprint density at radius 2 is 1.94 bits per heavy atom. The van der Waals surface area contributed by atoms with Crippen LogP contribution >= 0.6 is 0 Å². The number of hydrogen-bond acceptors (Lipinski definition) is 3. The fraction of sp³-hybridized carbons (Fsp3) is 0.545. The van der Waals surface area contributed by atoms with Crippen LogP contribution in [0.1, 0.15) is 19.5 Å². The molecule has 3 nitrogen and oxygen atoms in total. The van der Waals surface area contributed by atoms with Crippen molar-refractivity contribution in [1.82, 2.24) is 4.98 Å². The first kappa shape index (κ1) is 13.8. The summed E-state index contributed by atoms with van der Waals surface area (Å²) < 4.78 is 42.3. The number of hydrogen-bond donors (Lipinski definition) is 1. The van der Waals surface area contributed by atoms with Crippen LogP contribution in [0.3, 0.4) is 0 Å². The zero-order chi connectivity index (χ0) is 13.1. The Kier molecular flexibility index (Phi) is 3.98. The van der Waals surface area contributed by atoms with Gasteiger partial charge in [0.25, 0.3) is 0 Å². The molecular formula is C11H15F3N2O. The molecule has 0 aliphatic carbocycles. The molecule has 0 saturated heterocycles.